The summed E-state index contributed by atoms with van der Waals surface area (Å²) in [6.45, 7) is 3.41. The Kier molecular flexibility index (Phi) is 5.38. The first kappa shape index (κ1) is 15.7. The Balaban J connectivity index is 1.99. The second-order valence-corrected chi connectivity index (χ2v) is 6.78. The van der Waals surface area contributed by atoms with Gasteiger partial charge in [0, 0.05) is 19.3 Å². The number of carbonyl (C=O) groups is 1. The average Bonchev–Trinajstić information content (AvgIpc) is 2.64. The number of thiocarbonyl (C=S) groups is 1. The van der Waals surface area contributed by atoms with Gasteiger partial charge in [-0.2, -0.15) is 0 Å². The van der Waals surface area contributed by atoms with E-state index in [-0.39, 0.29) is 11.9 Å². The molecule has 114 valence electrons. The highest BCUT2D eigenvalue weighted by atomic mass is 32.1. The lowest BCUT2D eigenvalue weighted by atomic mass is 9.79. The number of carbonyl (C=O) groups excluding carboxylic acids is 1. The van der Waals surface area contributed by atoms with Gasteiger partial charge in [0.1, 0.15) is 5.41 Å². The molecule has 1 amide bonds. The summed E-state index contributed by atoms with van der Waals surface area (Å²) >= 11 is 5.18. The van der Waals surface area contributed by atoms with Crippen LogP contribution in [0.2, 0.25) is 0 Å². The third-order valence-corrected chi connectivity index (χ3v) is 5.24. The molecule has 1 saturated heterocycles. The highest BCUT2D eigenvalue weighted by molar-refractivity contribution is 7.80. The maximum atomic E-state index is 12.7. The normalized spacial score (nSPS) is 30.2. The molecule has 2 aliphatic rings. The Bertz CT molecular complexity index is 367. The third kappa shape index (κ3) is 3.50. The highest BCUT2D eigenvalue weighted by Gasteiger charge is 2.43. The molecule has 1 aliphatic carbocycles. The Labute approximate surface area is 126 Å². The van der Waals surface area contributed by atoms with E-state index in [4.69, 9.17) is 22.7 Å². The predicted octanol–water partition coefficient (Wildman–Crippen LogP) is 2.15. The van der Waals surface area contributed by atoms with Crippen molar-refractivity contribution in [2.24, 2.45) is 17.1 Å². The van der Waals surface area contributed by atoms with Crippen LogP contribution in [0.25, 0.3) is 0 Å². The molecule has 2 rings (SSSR count). The fourth-order valence-electron chi connectivity index (χ4n) is 3.26. The molecule has 1 aliphatic heterocycles. The minimum absolute atomic E-state index is 0.0212. The summed E-state index contributed by atoms with van der Waals surface area (Å²) in [5.41, 5.74) is 5.19. The second-order valence-electron chi connectivity index (χ2n) is 6.34. The Morgan fingerprint density at radius 3 is 2.60 bits per heavy atom. The molecule has 0 aromatic carbocycles. The van der Waals surface area contributed by atoms with Gasteiger partial charge in [0.25, 0.3) is 0 Å². The molecule has 0 bridgehead atoms. The van der Waals surface area contributed by atoms with Crippen LogP contribution < -0.4 is 11.1 Å². The topological polar surface area (TPSA) is 64.4 Å². The van der Waals surface area contributed by atoms with Crippen LogP contribution in [0.3, 0.4) is 0 Å². The van der Waals surface area contributed by atoms with E-state index in [2.05, 4.69) is 12.2 Å². The zero-order chi connectivity index (χ0) is 14.6. The Morgan fingerprint density at radius 1 is 1.25 bits per heavy atom. The number of nitrogens with one attached hydrogen (secondary N) is 1. The molecule has 0 spiro atoms. The molecule has 1 heterocycles. The molecule has 3 N–H and O–H groups in total. The smallest absolute Gasteiger partial charge is 0.233 e. The maximum Gasteiger partial charge on any atom is 0.233 e. The van der Waals surface area contributed by atoms with E-state index < -0.39 is 5.41 Å². The Morgan fingerprint density at radius 2 is 1.95 bits per heavy atom. The van der Waals surface area contributed by atoms with E-state index in [0.717, 1.165) is 18.8 Å². The van der Waals surface area contributed by atoms with Crippen LogP contribution >= 0.6 is 12.2 Å². The van der Waals surface area contributed by atoms with Gasteiger partial charge >= 0.3 is 0 Å². The van der Waals surface area contributed by atoms with E-state index in [0.29, 0.717) is 31.0 Å². The molecule has 0 aromatic rings. The predicted molar refractivity (Wildman–Crippen MR) is 83.5 cm³/mol. The zero-order valence-electron chi connectivity index (χ0n) is 12.3. The molecule has 2 unspecified atom stereocenters. The van der Waals surface area contributed by atoms with Gasteiger partial charge in [-0.05, 0) is 38.0 Å². The average molecular weight is 298 g/mol. The standard InChI is InChI=1S/C15H26N2O2S/c1-11-3-2-4-12(6-5-11)17-14(18)15(13(16)20)7-9-19-10-8-15/h11-12H,2-10H2,1H3,(H2,16,20)(H,17,18). The van der Waals surface area contributed by atoms with Crippen LogP contribution in [0.5, 0.6) is 0 Å². The number of amides is 1. The van der Waals surface area contributed by atoms with E-state index in [1.807, 2.05) is 0 Å². The molecule has 0 aromatic heterocycles. The number of rotatable bonds is 3. The number of nitrogens with two attached hydrogens (primary N) is 1. The van der Waals surface area contributed by atoms with Gasteiger partial charge < -0.3 is 15.8 Å². The minimum atomic E-state index is -0.689. The van der Waals surface area contributed by atoms with Crippen LogP contribution in [0, 0.1) is 11.3 Å². The first-order valence-electron chi connectivity index (χ1n) is 7.73. The molecule has 2 atom stereocenters. The lowest BCUT2D eigenvalue weighted by molar-refractivity contribution is -0.132. The summed E-state index contributed by atoms with van der Waals surface area (Å²) in [4.78, 5) is 13.0. The monoisotopic (exact) mass is 298 g/mol. The zero-order valence-corrected chi connectivity index (χ0v) is 13.1. The molecular formula is C15H26N2O2S. The van der Waals surface area contributed by atoms with Crippen LogP contribution in [0.15, 0.2) is 0 Å². The van der Waals surface area contributed by atoms with Crippen LogP contribution in [0.4, 0.5) is 0 Å². The summed E-state index contributed by atoms with van der Waals surface area (Å²) in [6, 6.07) is 0.279. The van der Waals surface area contributed by atoms with Crippen molar-refractivity contribution < 1.29 is 9.53 Å². The van der Waals surface area contributed by atoms with Crippen molar-refractivity contribution in [2.45, 2.75) is 57.9 Å². The van der Waals surface area contributed by atoms with Gasteiger partial charge in [0.05, 0.1) is 4.99 Å². The first-order chi connectivity index (χ1) is 9.54. The molecule has 20 heavy (non-hydrogen) atoms. The van der Waals surface area contributed by atoms with Crippen molar-refractivity contribution in [1.82, 2.24) is 5.32 Å². The maximum absolute atomic E-state index is 12.7. The summed E-state index contributed by atoms with van der Waals surface area (Å²) in [5, 5.41) is 3.21. The molecular weight excluding hydrogens is 272 g/mol. The molecule has 4 nitrogen and oxygen atoms in total. The van der Waals surface area contributed by atoms with Gasteiger partial charge in [-0.1, -0.05) is 32.0 Å². The first-order valence-corrected chi connectivity index (χ1v) is 8.14. The van der Waals surface area contributed by atoms with Gasteiger partial charge in [0.2, 0.25) is 5.91 Å². The van der Waals surface area contributed by atoms with Crippen LogP contribution in [0.1, 0.15) is 51.9 Å². The van der Waals surface area contributed by atoms with Gasteiger partial charge in [-0.25, -0.2) is 0 Å². The summed E-state index contributed by atoms with van der Waals surface area (Å²) in [7, 11) is 0. The molecule has 1 saturated carbocycles. The van der Waals surface area contributed by atoms with Gasteiger partial charge in [-0.3, -0.25) is 4.79 Å². The summed E-state index contributed by atoms with van der Waals surface area (Å²) in [5.74, 6) is 0.789. The quantitative estimate of drug-likeness (QED) is 0.619. The van der Waals surface area contributed by atoms with Gasteiger partial charge in [-0.15, -0.1) is 0 Å². The number of hydrogen-bond acceptors (Lipinski definition) is 3. The van der Waals surface area contributed by atoms with Crippen LogP contribution in [-0.4, -0.2) is 30.2 Å². The van der Waals surface area contributed by atoms with Crippen LogP contribution in [-0.2, 0) is 9.53 Å². The molecule has 0 radical (unpaired) electrons. The van der Waals surface area contributed by atoms with E-state index in [9.17, 15) is 4.79 Å². The second kappa shape index (κ2) is 6.85. The Hall–Kier alpha value is -0.680. The largest absolute Gasteiger partial charge is 0.392 e. The van der Waals surface area contributed by atoms with Crippen molar-refractivity contribution in [3.05, 3.63) is 0 Å². The fourth-order valence-corrected chi connectivity index (χ4v) is 3.56. The summed E-state index contributed by atoms with van der Waals surface area (Å²) < 4.78 is 5.35. The van der Waals surface area contributed by atoms with E-state index in [1.165, 1.54) is 19.3 Å². The minimum Gasteiger partial charge on any atom is -0.392 e. The number of hydrogen-bond donors (Lipinski definition) is 2. The molecule has 5 heteroatoms. The van der Waals surface area contributed by atoms with E-state index in [1.54, 1.807) is 0 Å². The summed E-state index contributed by atoms with van der Waals surface area (Å²) in [6.07, 6.45) is 7.00. The van der Waals surface area contributed by atoms with Crippen molar-refractivity contribution in [3.63, 3.8) is 0 Å². The van der Waals surface area contributed by atoms with Crippen molar-refractivity contribution in [2.75, 3.05) is 13.2 Å². The molecule has 2 fully saturated rings. The fraction of sp³-hybridized carbons (Fsp3) is 0.867. The van der Waals surface area contributed by atoms with Crippen molar-refractivity contribution >= 4 is 23.1 Å². The lowest BCUT2D eigenvalue weighted by Crippen LogP contribution is -2.54. The lowest BCUT2D eigenvalue weighted by Gasteiger charge is -2.36. The van der Waals surface area contributed by atoms with Gasteiger partial charge in [0.15, 0.2) is 0 Å². The highest BCUT2D eigenvalue weighted by Crippen LogP contribution is 2.32. The third-order valence-electron chi connectivity index (χ3n) is 4.85. The number of ether oxygens (including phenoxy) is 1. The SMILES string of the molecule is CC1CCCC(NC(=O)C2(C(N)=S)CCOCC2)CC1. The van der Waals surface area contributed by atoms with E-state index >= 15 is 0 Å². The van der Waals surface area contributed by atoms with Crippen molar-refractivity contribution in [3.8, 4) is 0 Å². The van der Waals surface area contributed by atoms with Crippen molar-refractivity contribution in [1.29, 1.82) is 0 Å².